The fraction of sp³-hybridized carbons (Fsp3) is 0.417. The number of hydrogen-bond donors (Lipinski definition) is 2. The molecule has 2 N–H and O–H groups in total. The molecule has 4 rings (SSSR count). The van der Waals surface area contributed by atoms with Gasteiger partial charge in [-0.1, -0.05) is 6.07 Å². The van der Waals surface area contributed by atoms with E-state index in [4.69, 9.17) is 0 Å². The lowest BCUT2D eigenvalue weighted by Crippen LogP contribution is -2.33. The van der Waals surface area contributed by atoms with E-state index in [0.29, 0.717) is 0 Å². The minimum atomic E-state index is -0.0213. The van der Waals surface area contributed by atoms with Gasteiger partial charge in [0.2, 0.25) is 0 Å². The van der Waals surface area contributed by atoms with E-state index in [1.807, 2.05) is 32.3 Å². The number of nitrogens with zero attached hydrogens (tertiary/aromatic N) is 2. The van der Waals surface area contributed by atoms with Gasteiger partial charge in [0.05, 0.1) is 11.9 Å². The molecule has 2 aliphatic rings. The Morgan fingerprint density at radius 1 is 1.14 bits per heavy atom. The van der Waals surface area contributed by atoms with Crippen molar-refractivity contribution in [1.29, 1.82) is 0 Å². The molecule has 3 heterocycles. The van der Waals surface area contributed by atoms with Crippen LogP contribution < -0.4 is 15.5 Å². The number of hydrogen-bond acceptors (Lipinski definition) is 4. The topological polar surface area (TPSA) is 57.3 Å². The standard InChI is InChI=1S/C24H30N4O/c1-16(2)26-24(29)22-11-17(3)27-23-8-7-18(13-21(22)23)19-12-20(15-25-14-19)28-9-5-4-6-10-28/h7-8,11-17,27H,4-6,9-10H2,1-3H3,(H,26,29). The summed E-state index contributed by atoms with van der Waals surface area (Å²) in [6, 6.07) is 8.73. The molecule has 1 atom stereocenters. The van der Waals surface area contributed by atoms with E-state index in [-0.39, 0.29) is 18.0 Å². The summed E-state index contributed by atoms with van der Waals surface area (Å²) in [4.78, 5) is 19.7. The first-order chi connectivity index (χ1) is 14.0. The maximum atomic E-state index is 12.8. The number of pyridine rings is 1. The largest absolute Gasteiger partial charge is 0.379 e. The van der Waals surface area contributed by atoms with Crippen LogP contribution in [0.4, 0.5) is 11.4 Å². The summed E-state index contributed by atoms with van der Waals surface area (Å²) in [5, 5.41) is 6.49. The molecule has 0 aliphatic carbocycles. The number of fused-ring (bicyclic) bond motifs is 1. The summed E-state index contributed by atoms with van der Waals surface area (Å²) in [6.07, 6.45) is 9.67. The quantitative estimate of drug-likeness (QED) is 0.809. The Kier molecular flexibility index (Phi) is 5.56. The highest BCUT2D eigenvalue weighted by Crippen LogP contribution is 2.34. The summed E-state index contributed by atoms with van der Waals surface area (Å²) >= 11 is 0. The Labute approximate surface area is 173 Å². The molecule has 0 radical (unpaired) electrons. The first-order valence-corrected chi connectivity index (χ1v) is 10.7. The van der Waals surface area contributed by atoms with E-state index in [0.717, 1.165) is 41.0 Å². The zero-order valence-electron chi connectivity index (χ0n) is 17.5. The van der Waals surface area contributed by atoms with Crippen LogP contribution in [0.1, 0.15) is 45.6 Å². The molecule has 1 aromatic heterocycles. The molecular formula is C24H30N4O. The molecule has 29 heavy (non-hydrogen) atoms. The van der Waals surface area contributed by atoms with Crippen LogP contribution in [0.3, 0.4) is 0 Å². The zero-order chi connectivity index (χ0) is 20.4. The second kappa shape index (κ2) is 8.27. The van der Waals surface area contributed by atoms with Crippen molar-refractivity contribution in [3.05, 3.63) is 48.3 Å². The predicted octanol–water partition coefficient (Wildman–Crippen LogP) is 4.46. The van der Waals surface area contributed by atoms with Gasteiger partial charge in [0.1, 0.15) is 0 Å². The summed E-state index contributed by atoms with van der Waals surface area (Å²) in [5.74, 6) is -0.0213. The van der Waals surface area contributed by atoms with E-state index in [9.17, 15) is 4.79 Å². The van der Waals surface area contributed by atoms with Gasteiger partial charge >= 0.3 is 0 Å². The number of anilines is 2. The fourth-order valence-electron chi connectivity index (χ4n) is 4.15. The van der Waals surface area contributed by atoms with Crippen molar-refractivity contribution < 1.29 is 4.79 Å². The van der Waals surface area contributed by atoms with Gasteiger partial charge in [-0.2, -0.15) is 0 Å². The number of carbonyl (C=O) groups is 1. The van der Waals surface area contributed by atoms with Crippen molar-refractivity contribution in [2.75, 3.05) is 23.3 Å². The normalized spacial score (nSPS) is 18.7. The fourth-order valence-corrected chi connectivity index (χ4v) is 4.15. The van der Waals surface area contributed by atoms with Gasteiger partial charge in [0.15, 0.2) is 0 Å². The Morgan fingerprint density at radius 3 is 2.69 bits per heavy atom. The van der Waals surface area contributed by atoms with Crippen LogP contribution in [-0.2, 0) is 4.79 Å². The molecule has 2 aromatic rings. The summed E-state index contributed by atoms with van der Waals surface area (Å²) < 4.78 is 0. The molecule has 0 saturated carbocycles. The van der Waals surface area contributed by atoms with E-state index >= 15 is 0 Å². The molecule has 1 fully saturated rings. The highest BCUT2D eigenvalue weighted by atomic mass is 16.1. The number of aromatic nitrogens is 1. The van der Waals surface area contributed by atoms with Crippen LogP contribution in [0.25, 0.3) is 16.7 Å². The minimum absolute atomic E-state index is 0.0213. The first kappa shape index (κ1) is 19.5. The van der Waals surface area contributed by atoms with Crippen LogP contribution >= 0.6 is 0 Å². The molecule has 0 bridgehead atoms. The van der Waals surface area contributed by atoms with Crippen LogP contribution in [-0.4, -0.2) is 36.1 Å². The van der Waals surface area contributed by atoms with Crippen LogP contribution in [0.2, 0.25) is 0 Å². The van der Waals surface area contributed by atoms with Crippen molar-refractivity contribution in [3.63, 3.8) is 0 Å². The molecule has 1 saturated heterocycles. The number of amides is 1. The van der Waals surface area contributed by atoms with Gasteiger partial charge in [-0.05, 0) is 69.9 Å². The average molecular weight is 391 g/mol. The number of rotatable bonds is 4. The van der Waals surface area contributed by atoms with E-state index in [2.05, 4.69) is 51.7 Å². The van der Waals surface area contributed by atoms with Gasteiger partial charge in [-0.15, -0.1) is 0 Å². The average Bonchev–Trinajstić information content (AvgIpc) is 2.73. The van der Waals surface area contributed by atoms with Gasteiger partial charge in [-0.25, -0.2) is 0 Å². The smallest absolute Gasteiger partial charge is 0.251 e. The molecule has 152 valence electrons. The minimum Gasteiger partial charge on any atom is -0.379 e. The molecule has 1 amide bonds. The Balaban J connectivity index is 1.68. The third-order valence-corrected chi connectivity index (χ3v) is 5.55. The zero-order valence-corrected chi connectivity index (χ0v) is 17.5. The Morgan fingerprint density at radius 2 is 1.93 bits per heavy atom. The second-order valence-corrected chi connectivity index (χ2v) is 8.38. The molecule has 1 unspecified atom stereocenters. The van der Waals surface area contributed by atoms with Crippen molar-refractivity contribution in [3.8, 4) is 11.1 Å². The molecule has 5 heteroatoms. The monoisotopic (exact) mass is 390 g/mol. The number of nitrogens with one attached hydrogen (secondary N) is 2. The van der Waals surface area contributed by atoms with Gasteiger partial charge < -0.3 is 15.5 Å². The summed E-state index contributed by atoms with van der Waals surface area (Å²) in [5.41, 5.74) is 6.02. The molecular weight excluding hydrogens is 360 g/mol. The summed E-state index contributed by atoms with van der Waals surface area (Å²) in [6.45, 7) is 8.22. The molecule has 5 nitrogen and oxygen atoms in total. The van der Waals surface area contributed by atoms with Crippen molar-refractivity contribution >= 4 is 22.9 Å². The van der Waals surface area contributed by atoms with Crippen molar-refractivity contribution in [1.82, 2.24) is 10.3 Å². The van der Waals surface area contributed by atoms with E-state index < -0.39 is 0 Å². The predicted molar refractivity (Wildman–Crippen MR) is 120 cm³/mol. The van der Waals surface area contributed by atoms with Gasteiger partial charge in [0, 0.05) is 53.8 Å². The lowest BCUT2D eigenvalue weighted by Gasteiger charge is -2.29. The van der Waals surface area contributed by atoms with Crippen molar-refractivity contribution in [2.45, 2.75) is 52.1 Å². The third kappa shape index (κ3) is 4.29. The number of carbonyl (C=O) groups excluding carboxylic acids is 1. The van der Waals surface area contributed by atoms with Crippen LogP contribution in [0.15, 0.2) is 42.7 Å². The molecule has 2 aliphatic heterocycles. The maximum absolute atomic E-state index is 12.8. The van der Waals surface area contributed by atoms with E-state index in [1.165, 1.54) is 24.9 Å². The third-order valence-electron chi connectivity index (χ3n) is 5.55. The Bertz CT molecular complexity index is 928. The van der Waals surface area contributed by atoms with Gasteiger partial charge in [-0.3, -0.25) is 9.78 Å². The SMILES string of the molecule is CC(C)NC(=O)C1=CC(C)Nc2ccc(-c3cncc(N4CCCCC4)c3)cc21. The second-order valence-electron chi connectivity index (χ2n) is 8.38. The van der Waals surface area contributed by atoms with Crippen LogP contribution in [0.5, 0.6) is 0 Å². The van der Waals surface area contributed by atoms with E-state index in [1.54, 1.807) is 0 Å². The number of piperidine rings is 1. The van der Waals surface area contributed by atoms with Crippen LogP contribution in [0, 0.1) is 0 Å². The Hall–Kier alpha value is -2.82. The molecule has 1 aromatic carbocycles. The first-order valence-electron chi connectivity index (χ1n) is 10.7. The summed E-state index contributed by atoms with van der Waals surface area (Å²) in [7, 11) is 0. The molecule has 0 spiro atoms. The maximum Gasteiger partial charge on any atom is 0.251 e. The number of benzene rings is 1. The lowest BCUT2D eigenvalue weighted by atomic mass is 9.93. The van der Waals surface area contributed by atoms with Gasteiger partial charge in [0.25, 0.3) is 5.91 Å². The lowest BCUT2D eigenvalue weighted by molar-refractivity contribution is -0.116. The highest BCUT2D eigenvalue weighted by Gasteiger charge is 2.23. The highest BCUT2D eigenvalue weighted by molar-refractivity contribution is 6.22. The van der Waals surface area contributed by atoms with Crippen molar-refractivity contribution in [2.24, 2.45) is 0 Å².